The summed E-state index contributed by atoms with van der Waals surface area (Å²) in [5.74, 6) is 1.54. The van der Waals surface area contributed by atoms with Crippen LogP contribution in [0.25, 0.3) is 0 Å². The highest BCUT2D eigenvalue weighted by atomic mass is 16.3. The summed E-state index contributed by atoms with van der Waals surface area (Å²) in [4.78, 5) is 6.02. The molecule has 0 radical (unpaired) electrons. The molecule has 27 heavy (non-hydrogen) atoms. The number of hydrogen-bond acceptors (Lipinski definition) is 7. The number of aliphatic hydroxyl groups is 1. The predicted molar refractivity (Wildman–Crippen MR) is 96.6 cm³/mol. The van der Waals surface area contributed by atoms with Crippen LogP contribution in [-0.2, 0) is 18.7 Å². The molecule has 2 atom stereocenters. The van der Waals surface area contributed by atoms with E-state index in [1.165, 1.54) is 12.7 Å². The van der Waals surface area contributed by atoms with Crippen LogP contribution in [0.2, 0.25) is 0 Å². The molecule has 4 fully saturated rings. The third-order valence-corrected chi connectivity index (χ3v) is 7.04. The van der Waals surface area contributed by atoms with Crippen molar-refractivity contribution in [2.75, 3.05) is 0 Å². The summed E-state index contributed by atoms with van der Waals surface area (Å²) in [5.41, 5.74) is 2.02. The molecule has 4 aliphatic carbocycles. The Labute approximate surface area is 158 Å². The van der Waals surface area contributed by atoms with Crippen LogP contribution in [0.4, 0.5) is 0 Å². The number of aromatic nitrogens is 5. The van der Waals surface area contributed by atoms with Crippen LogP contribution in [0.3, 0.4) is 0 Å². The number of tetrazole rings is 1. The Morgan fingerprint density at radius 3 is 2.70 bits per heavy atom. The SMILES string of the molecule is Cc1ncc(CO)c(CNC23CC4CC(C2)CC(n2ncnn2)(C4)C3)c1O. The number of nitrogens with one attached hydrogen (secondary N) is 1. The number of pyridine rings is 1. The minimum atomic E-state index is -0.122. The Hall–Kier alpha value is -2.06. The standard InChI is InChI=1S/C19H26N6O2/c1-12-17(27)16(15(9-26)7-20-12)8-21-18-3-13-2-14(4-18)6-19(5-13,10-18)25-23-11-22-24-25/h7,11,13-14,21,26-27H,2-6,8-10H2,1H3. The van der Waals surface area contributed by atoms with Gasteiger partial charge in [-0.05, 0) is 62.5 Å². The second-order valence-electron chi connectivity index (χ2n) is 8.90. The molecule has 0 aliphatic heterocycles. The van der Waals surface area contributed by atoms with E-state index in [0.717, 1.165) is 37.7 Å². The van der Waals surface area contributed by atoms with Gasteiger partial charge in [0.2, 0.25) is 0 Å². The predicted octanol–water partition coefficient (Wildman–Crippen LogP) is 1.41. The lowest BCUT2D eigenvalue weighted by molar-refractivity contribution is -0.0854. The summed E-state index contributed by atoms with van der Waals surface area (Å²) in [6.45, 7) is 2.20. The normalized spacial score (nSPS) is 34.3. The van der Waals surface area contributed by atoms with Crippen LogP contribution in [0, 0.1) is 18.8 Å². The first-order chi connectivity index (χ1) is 13.0. The molecule has 0 aromatic carbocycles. The summed E-state index contributed by atoms with van der Waals surface area (Å²) in [5, 5.41) is 36.5. The Morgan fingerprint density at radius 1 is 1.26 bits per heavy atom. The van der Waals surface area contributed by atoms with E-state index in [0.29, 0.717) is 29.6 Å². The lowest BCUT2D eigenvalue weighted by atomic mass is 9.50. The van der Waals surface area contributed by atoms with Crippen molar-refractivity contribution >= 4 is 0 Å². The van der Waals surface area contributed by atoms with E-state index in [2.05, 4.69) is 25.7 Å². The van der Waals surface area contributed by atoms with E-state index < -0.39 is 0 Å². The molecule has 6 rings (SSSR count). The fourth-order valence-electron chi connectivity index (χ4n) is 6.33. The average molecular weight is 370 g/mol. The maximum atomic E-state index is 10.5. The first-order valence-electron chi connectivity index (χ1n) is 9.78. The molecule has 8 nitrogen and oxygen atoms in total. The van der Waals surface area contributed by atoms with Gasteiger partial charge in [0, 0.05) is 29.4 Å². The molecule has 8 heteroatoms. The van der Waals surface area contributed by atoms with Crippen molar-refractivity contribution in [2.24, 2.45) is 11.8 Å². The van der Waals surface area contributed by atoms with E-state index in [-0.39, 0.29) is 23.4 Å². The fourth-order valence-corrected chi connectivity index (χ4v) is 6.33. The number of aromatic hydroxyl groups is 1. The number of aliphatic hydroxyl groups excluding tert-OH is 1. The van der Waals surface area contributed by atoms with Gasteiger partial charge in [0.15, 0.2) is 6.33 Å². The van der Waals surface area contributed by atoms with Crippen LogP contribution >= 0.6 is 0 Å². The highest BCUT2D eigenvalue weighted by Crippen LogP contribution is 2.60. The van der Waals surface area contributed by atoms with E-state index in [1.54, 1.807) is 13.1 Å². The monoisotopic (exact) mass is 370 g/mol. The molecule has 0 amide bonds. The molecule has 2 heterocycles. The van der Waals surface area contributed by atoms with Gasteiger partial charge in [-0.1, -0.05) is 0 Å². The van der Waals surface area contributed by atoms with Gasteiger partial charge in [0.25, 0.3) is 0 Å². The number of aryl methyl sites for hydroxylation is 1. The molecule has 3 N–H and O–H groups in total. The maximum Gasteiger partial charge on any atom is 0.162 e. The Morgan fingerprint density at radius 2 is 2.04 bits per heavy atom. The molecule has 0 spiro atoms. The smallest absolute Gasteiger partial charge is 0.162 e. The fraction of sp³-hybridized carbons (Fsp3) is 0.684. The van der Waals surface area contributed by atoms with Gasteiger partial charge >= 0.3 is 0 Å². The molecular formula is C19H26N6O2. The Balaban J connectivity index is 1.44. The van der Waals surface area contributed by atoms with Crippen LogP contribution in [0.15, 0.2) is 12.5 Å². The average Bonchev–Trinajstić information content (AvgIpc) is 3.17. The molecule has 4 bridgehead atoms. The number of rotatable bonds is 5. The molecule has 2 aromatic rings. The molecular weight excluding hydrogens is 344 g/mol. The van der Waals surface area contributed by atoms with Crippen LogP contribution < -0.4 is 5.32 Å². The largest absolute Gasteiger partial charge is 0.506 e. The summed E-state index contributed by atoms with van der Waals surface area (Å²) in [6.07, 6.45) is 10.0. The summed E-state index contributed by atoms with van der Waals surface area (Å²) in [7, 11) is 0. The Kier molecular flexibility index (Phi) is 3.77. The zero-order valence-corrected chi connectivity index (χ0v) is 15.6. The molecule has 4 aliphatic rings. The molecule has 2 unspecified atom stereocenters. The topological polar surface area (TPSA) is 109 Å². The van der Waals surface area contributed by atoms with Crippen LogP contribution in [0.5, 0.6) is 5.75 Å². The van der Waals surface area contributed by atoms with Crippen molar-refractivity contribution in [3.05, 3.63) is 29.3 Å². The molecule has 4 saturated carbocycles. The zero-order valence-electron chi connectivity index (χ0n) is 15.6. The molecule has 144 valence electrons. The summed E-state index contributed by atoms with van der Waals surface area (Å²) < 4.78 is 0. The van der Waals surface area contributed by atoms with Gasteiger partial charge < -0.3 is 15.5 Å². The quantitative estimate of drug-likeness (QED) is 0.730. The van der Waals surface area contributed by atoms with Gasteiger partial charge in [-0.15, -0.1) is 10.2 Å². The van der Waals surface area contributed by atoms with Crippen molar-refractivity contribution in [3.63, 3.8) is 0 Å². The van der Waals surface area contributed by atoms with Crippen molar-refractivity contribution in [2.45, 2.75) is 69.7 Å². The van der Waals surface area contributed by atoms with Gasteiger partial charge in [-0.3, -0.25) is 4.98 Å². The van der Waals surface area contributed by atoms with Gasteiger partial charge in [-0.2, -0.15) is 4.80 Å². The van der Waals surface area contributed by atoms with Crippen molar-refractivity contribution < 1.29 is 10.2 Å². The highest BCUT2D eigenvalue weighted by Gasteiger charge is 2.59. The highest BCUT2D eigenvalue weighted by molar-refractivity contribution is 5.40. The lowest BCUT2D eigenvalue weighted by Gasteiger charge is -2.61. The van der Waals surface area contributed by atoms with E-state index >= 15 is 0 Å². The zero-order chi connectivity index (χ0) is 18.6. The van der Waals surface area contributed by atoms with Crippen molar-refractivity contribution in [3.8, 4) is 5.75 Å². The van der Waals surface area contributed by atoms with Crippen molar-refractivity contribution in [1.82, 2.24) is 30.5 Å². The first-order valence-corrected chi connectivity index (χ1v) is 9.78. The van der Waals surface area contributed by atoms with Crippen LogP contribution in [-0.4, -0.2) is 40.9 Å². The first kappa shape index (κ1) is 17.1. The Bertz CT molecular complexity index is 838. The number of hydrogen-bond donors (Lipinski definition) is 3. The molecule has 0 saturated heterocycles. The van der Waals surface area contributed by atoms with E-state index in [4.69, 9.17) is 0 Å². The van der Waals surface area contributed by atoms with Crippen molar-refractivity contribution in [1.29, 1.82) is 0 Å². The third-order valence-electron chi connectivity index (χ3n) is 7.04. The van der Waals surface area contributed by atoms with Gasteiger partial charge in [-0.25, -0.2) is 0 Å². The molecule has 2 aromatic heterocycles. The number of nitrogens with zero attached hydrogens (tertiary/aromatic N) is 5. The summed E-state index contributed by atoms with van der Waals surface area (Å²) >= 11 is 0. The van der Waals surface area contributed by atoms with Crippen LogP contribution in [0.1, 0.15) is 55.3 Å². The second-order valence-corrected chi connectivity index (χ2v) is 8.90. The minimum absolute atomic E-state index is 0.0219. The van der Waals surface area contributed by atoms with Gasteiger partial charge in [0.05, 0.1) is 17.8 Å². The minimum Gasteiger partial charge on any atom is -0.506 e. The van der Waals surface area contributed by atoms with Gasteiger partial charge in [0.1, 0.15) is 5.75 Å². The second kappa shape index (κ2) is 5.97. The van der Waals surface area contributed by atoms with E-state index in [1.807, 2.05) is 4.80 Å². The summed E-state index contributed by atoms with van der Waals surface area (Å²) in [6, 6.07) is 0. The maximum absolute atomic E-state index is 10.5. The third kappa shape index (κ3) is 2.65. The van der Waals surface area contributed by atoms with E-state index in [9.17, 15) is 10.2 Å². The lowest BCUT2D eigenvalue weighted by Crippen LogP contribution is -2.65.